The Bertz CT molecular complexity index is 395. The first kappa shape index (κ1) is 13.3. The summed E-state index contributed by atoms with van der Waals surface area (Å²) in [6, 6.07) is 6.25. The number of rotatable bonds is 6. The molecule has 0 fully saturated rings. The summed E-state index contributed by atoms with van der Waals surface area (Å²) >= 11 is 0. The van der Waals surface area contributed by atoms with E-state index in [2.05, 4.69) is 29.0 Å². The van der Waals surface area contributed by atoms with Crippen LogP contribution in [-0.4, -0.2) is 50.2 Å². The SMILES string of the molecule is COCCN(C)CCN1Cc2ccc(N)cc2C1. The van der Waals surface area contributed by atoms with Crippen LogP contribution < -0.4 is 5.73 Å². The van der Waals surface area contributed by atoms with Crippen LogP contribution in [0.3, 0.4) is 0 Å². The Morgan fingerprint density at radius 1 is 1.28 bits per heavy atom. The number of anilines is 1. The van der Waals surface area contributed by atoms with Crippen LogP contribution in [-0.2, 0) is 17.8 Å². The third kappa shape index (κ3) is 3.45. The molecular formula is C14H23N3O. The monoisotopic (exact) mass is 249 g/mol. The van der Waals surface area contributed by atoms with Crippen LogP contribution in [0.25, 0.3) is 0 Å². The molecule has 0 saturated carbocycles. The molecule has 2 N–H and O–H groups in total. The van der Waals surface area contributed by atoms with Crippen molar-refractivity contribution in [2.24, 2.45) is 0 Å². The summed E-state index contributed by atoms with van der Waals surface area (Å²) in [4.78, 5) is 4.77. The van der Waals surface area contributed by atoms with Crippen LogP contribution in [0, 0.1) is 0 Å². The molecule has 0 radical (unpaired) electrons. The van der Waals surface area contributed by atoms with E-state index in [0.29, 0.717) is 0 Å². The van der Waals surface area contributed by atoms with E-state index in [1.807, 2.05) is 6.07 Å². The number of nitrogens with zero attached hydrogens (tertiary/aromatic N) is 2. The Kier molecular flexibility index (Phi) is 4.58. The standard InChI is InChI=1S/C14H23N3O/c1-16(7-8-18-2)5-6-17-10-12-3-4-14(15)9-13(12)11-17/h3-4,9H,5-8,10-11,15H2,1-2H3. The van der Waals surface area contributed by atoms with Gasteiger partial charge in [0.2, 0.25) is 0 Å². The average molecular weight is 249 g/mol. The Hall–Kier alpha value is -1.10. The predicted octanol–water partition coefficient (Wildman–Crippen LogP) is 1.16. The maximum Gasteiger partial charge on any atom is 0.0589 e. The molecule has 0 bridgehead atoms. The van der Waals surface area contributed by atoms with E-state index in [-0.39, 0.29) is 0 Å². The predicted molar refractivity (Wildman–Crippen MR) is 74.3 cm³/mol. The molecule has 0 atom stereocenters. The Balaban J connectivity index is 1.77. The maximum absolute atomic E-state index is 5.81. The third-order valence-electron chi connectivity index (χ3n) is 3.49. The van der Waals surface area contributed by atoms with Gasteiger partial charge in [0.15, 0.2) is 0 Å². The second-order valence-corrected chi connectivity index (χ2v) is 5.03. The van der Waals surface area contributed by atoms with E-state index in [9.17, 15) is 0 Å². The summed E-state index contributed by atoms with van der Waals surface area (Å²) in [5.41, 5.74) is 9.49. The minimum Gasteiger partial charge on any atom is -0.399 e. The first-order valence-electron chi connectivity index (χ1n) is 6.46. The van der Waals surface area contributed by atoms with Crippen molar-refractivity contribution in [2.45, 2.75) is 13.1 Å². The Morgan fingerprint density at radius 3 is 2.83 bits per heavy atom. The smallest absolute Gasteiger partial charge is 0.0589 e. The highest BCUT2D eigenvalue weighted by Crippen LogP contribution is 2.24. The number of nitrogens with two attached hydrogens (primary N) is 1. The molecule has 1 heterocycles. The lowest BCUT2D eigenvalue weighted by Crippen LogP contribution is -2.32. The van der Waals surface area contributed by atoms with Crippen molar-refractivity contribution in [2.75, 3.05) is 46.1 Å². The molecule has 1 aliphatic heterocycles. The van der Waals surface area contributed by atoms with E-state index >= 15 is 0 Å². The maximum atomic E-state index is 5.81. The fraction of sp³-hybridized carbons (Fsp3) is 0.571. The van der Waals surface area contributed by atoms with Crippen LogP contribution in [0.4, 0.5) is 5.69 Å². The van der Waals surface area contributed by atoms with Crippen LogP contribution >= 0.6 is 0 Å². The largest absolute Gasteiger partial charge is 0.399 e. The molecule has 0 aromatic heterocycles. The highest BCUT2D eigenvalue weighted by atomic mass is 16.5. The Morgan fingerprint density at radius 2 is 2.06 bits per heavy atom. The van der Waals surface area contributed by atoms with Crippen LogP contribution in [0.1, 0.15) is 11.1 Å². The van der Waals surface area contributed by atoms with Gasteiger partial charge in [0.1, 0.15) is 0 Å². The van der Waals surface area contributed by atoms with E-state index in [1.165, 1.54) is 11.1 Å². The Labute approximate surface area is 109 Å². The summed E-state index contributed by atoms with van der Waals surface area (Å²) < 4.78 is 5.08. The zero-order valence-electron chi connectivity index (χ0n) is 11.4. The molecule has 1 aromatic carbocycles. The minimum absolute atomic E-state index is 0.799. The number of nitrogen functional groups attached to an aromatic ring is 1. The topological polar surface area (TPSA) is 41.7 Å². The summed E-state index contributed by atoms with van der Waals surface area (Å²) in [5, 5.41) is 0. The van der Waals surface area contributed by atoms with Gasteiger partial charge in [-0.15, -0.1) is 0 Å². The van der Waals surface area contributed by atoms with Crippen molar-refractivity contribution in [3.05, 3.63) is 29.3 Å². The average Bonchev–Trinajstić information content (AvgIpc) is 2.75. The van der Waals surface area contributed by atoms with Crippen molar-refractivity contribution in [3.8, 4) is 0 Å². The molecule has 0 spiro atoms. The van der Waals surface area contributed by atoms with Gasteiger partial charge >= 0.3 is 0 Å². The minimum atomic E-state index is 0.799. The zero-order valence-corrected chi connectivity index (χ0v) is 11.4. The van der Waals surface area contributed by atoms with Gasteiger partial charge < -0.3 is 15.4 Å². The molecule has 0 amide bonds. The van der Waals surface area contributed by atoms with Gasteiger partial charge in [-0.1, -0.05) is 6.07 Å². The lowest BCUT2D eigenvalue weighted by atomic mass is 10.1. The van der Waals surface area contributed by atoms with Gasteiger partial charge in [-0.3, -0.25) is 4.90 Å². The van der Waals surface area contributed by atoms with Crippen molar-refractivity contribution in [1.82, 2.24) is 9.80 Å². The highest BCUT2D eigenvalue weighted by Gasteiger charge is 2.18. The molecular weight excluding hydrogens is 226 g/mol. The quantitative estimate of drug-likeness (QED) is 0.768. The summed E-state index contributed by atoms with van der Waals surface area (Å²) in [6.07, 6.45) is 0. The van der Waals surface area contributed by atoms with E-state index in [0.717, 1.165) is 45.0 Å². The lowest BCUT2D eigenvalue weighted by molar-refractivity contribution is 0.150. The van der Waals surface area contributed by atoms with Crippen LogP contribution in [0.15, 0.2) is 18.2 Å². The third-order valence-corrected chi connectivity index (χ3v) is 3.49. The molecule has 0 saturated heterocycles. The fourth-order valence-corrected chi connectivity index (χ4v) is 2.31. The van der Waals surface area contributed by atoms with Crippen LogP contribution in [0.5, 0.6) is 0 Å². The van der Waals surface area contributed by atoms with Gasteiger partial charge in [0, 0.05) is 45.5 Å². The number of fused-ring (bicyclic) bond motifs is 1. The fourth-order valence-electron chi connectivity index (χ4n) is 2.31. The van der Waals surface area contributed by atoms with Gasteiger partial charge in [-0.05, 0) is 30.3 Å². The number of methoxy groups -OCH3 is 1. The lowest BCUT2D eigenvalue weighted by Gasteiger charge is -2.20. The molecule has 4 nitrogen and oxygen atoms in total. The van der Waals surface area contributed by atoms with Crippen molar-refractivity contribution >= 4 is 5.69 Å². The van der Waals surface area contributed by atoms with Crippen molar-refractivity contribution < 1.29 is 4.74 Å². The van der Waals surface area contributed by atoms with Crippen molar-refractivity contribution in [1.29, 1.82) is 0 Å². The van der Waals surface area contributed by atoms with Gasteiger partial charge in [-0.25, -0.2) is 0 Å². The molecule has 4 heteroatoms. The second kappa shape index (κ2) is 6.18. The first-order valence-corrected chi connectivity index (χ1v) is 6.46. The van der Waals surface area contributed by atoms with E-state index in [1.54, 1.807) is 7.11 Å². The number of benzene rings is 1. The number of hydrogen-bond acceptors (Lipinski definition) is 4. The molecule has 0 aliphatic carbocycles. The molecule has 100 valence electrons. The zero-order chi connectivity index (χ0) is 13.0. The highest BCUT2D eigenvalue weighted by molar-refractivity contribution is 5.46. The van der Waals surface area contributed by atoms with Gasteiger partial charge in [-0.2, -0.15) is 0 Å². The van der Waals surface area contributed by atoms with Crippen LogP contribution in [0.2, 0.25) is 0 Å². The molecule has 1 aliphatic rings. The van der Waals surface area contributed by atoms with Gasteiger partial charge in [0.25, 0.3) is 0 Å². The van der Waals surface area contributed by atoms with Gasteiger partial charge in [0.05, 0.1) is 6.61 Å². The van der Waals surface area contributed by atoms with E-state index < -0.39 is 0 Å². The first-order chi connectivity index (χ1) is 8.69. The normalized spacial score (nSPS) is 15.3. The molecule has 2 rings (SSSR count). The summed E-state index contributed by atoms with van der Waals surface area (Å²) in [5.74, 6) is 0. The molecule has 18 heavy (non-hydrogen) atoms. The summed E-state index contributed by atoms with van der Waals surface area (Å²) in [6.45, 7) is 6.03. The number of ether oxygens (including phenoxy) is 1. The second-order valence-electron chi connectivity index (χ2n) is 5.03. The number of likely N-dealkylation sites (N-methyl/N-ethyl adjacent to an activating group) is 1. The van der Waals surface area contributed by atoms with Crippen molar-refractivity contribution in [3.63, 3.8) is 0 Å². The number of hydrogen-bond donors (Lipinski definition) is 1. The molecule has 1 aromatic rings. The molecule has 0 unspecified atom stereocenters. The van der Waals surface area contributed by atoms with E-state index in [4.69, 9.17) is 10.5 Å². The summed E-state index contributed by atoms with van der Waals surface area (Å²) in [7, 11) is 3.88.